The van der Waals surface area contributed by atoms with E-state index in [-0.39, 0.29) is 42.1 Å². The number of hydrogen-bond donors (Lipinski definition) is 0. The number of ether oxygens (including phenoxy) is 3. The molecule has 1 aliphatic heterocycles. The Morgan fingerprint density at radius 2 is 2.03 bits per heavy atom. The standard InChI is InChI=1S/C22H36ClN3O6S/c1-4-6-19(13-27)32-15-20(7-5-2)31-10-11-33(28,29)16-18-12-21(25-22(23)24-18)26-8-9-30-14-17(26)3/h12-13,17,19-20H,4-11,14-16H2,1-3H3/t17-,19?,20?/m0/s1. The van der Waals surface area contributed by atoms with Gasteiger partial charge in [0.05, 0.1) is 55.8 Å². The van der Waals surface area contributed by atoms with Crippen molar-refractivity contribution in [2.24, 2.45) is 0 Å². The summed E-state index contributed by atoms with van der Waals surface area (Å²) in [6.07, 6.45) is 3.18. The van der Waals surface area contributed by atoms with Crippen molar-refractivity contribution in [2.45, 2.75) is 70.5 Å². The van der Waals surface area contributed by atoms with E-state index < -0.39 is 15.9 Å². The van der Waals surface area contributed by atoms with Gasteiger partial charge in [-0.1, -0.05) is 26.7 Å². The van der Waals surface area contributed by atoms with Crippen LogP contribution < -0.4 is 4.90 Å². The fourth-order valence-corrected chi connectivity index (χ4v) is 4.91. The van der Waals surface area contributed by atoms with Gasteiger partial charge in [0.1, 0.15) is 18.2 Å². The second kappa shape index (κ2) is 14.2. The van der Waals surface area contributed by atoms with Gasteiger partial charge in [0.25, 0.3) is 0 Å². The Labute approximate surface area is 202 Å². The number of morpholine rings is 1. The van der Waals surface area contributed by atoms with Crippen molar-refractivity contribution in [3.8, 4) is 0 Å². The number of halogens is 1. The van der Waals surface area contributed by atoms with Gasteiger partial charge in [-0.15, -0.1) is 0 Å². The van der Waals surface area contributed by atoms with Crippen LogP contribution in [0.2, 0.25) is 5.28 Å². The van der Waals surface area contributed by atoms with Crippen LogP contribution in [0.3, 0.4) is 0 Å². The normalized spacial score (nSPS) is 18.8. The van der Waals surface area contributed by atoms with E-state index in [1.54, 1.807) is 6.07 Å². The molecule has 0 saturated carbocycles. The van der Waals surface area contributed by atoms with Crippen LogP contribution in [0.25, 0.3) is 0 Å². The number of hydrogen-bond acceptors (Lipinski definition) is 9. The average Bonchev–Trinajstić information content (AvgIpc) is 2.75. The summed E-state index contributed by atoms with van der Waals surface area (Å²) >= 11 is 6.08. The maximum atomic E-state index is 12.7. The van der Waals surface area contributed by atoms with Crippen molar-refractivity contribution in [1.29, 1.82) is 0 Å². The molecule has 2 rings (SSSR count). The van der Waals surface area contributed by atoms with Crippen molar-refractivity contribution < 1.29 is 27.4 Å². The van der Waals surface area contributed by atoms with Crippen molar-refractivity contribution in [3.63, 3.8) is 0 Å². The van der Waals surface area contributed by atoms with E-state index in [4.69, 9.17) is 25.8 Å². The second-order valence-corrected chi connectivity index (χ2v) is 10.8. The third-order valence-corrected chi connectivity index (χ3v) is 7.04. The van der Waals surface area contributed by atoms with E-state index in [0.717, 1.165) is 25.5 Å². The molecular formula is C22H36ClN3O6S. The molecule has 2 heterocycles. The van der Waals surface area contributed by atoms with Crippen LogP contribution in [0.5, 0.6) is 0 Å². The van der Waals surface area contributed by atoms with Gasteiger partial charge >= 0.3 is 0 Å². The van der Waals surface area contributed by atoms with E-state index in [1.807, 2.05) is 25.7 Å². The van der Waals surface area contributed by atoms with E-state index >= 15 is 0 Å². The smallest absolute Gasteiger partial charge is 0.224 e. The zero-order valence-corrected chi connectivity index (χ0v) is 21.3. The van der Waals surface area contributed by atoms with Crippen molar-refractivity contribution in [3.05, 3.63) is 17.0 Å². The van der Waals surface area contributed by atoms with E-state index in [1.165, 1.54) is 0 Å². The van der Waals surface area contributed by atoms with Crippen LogP contribution in [0.4, 0.5) is 5.82 Å². The number of anilines is 1. The Bertz CT molecular complexity index is 841. The predicted molar refractivity (Wildman–Crippen MR) is 128 cm³/mol. The number of carbonyl (C=O) groups excluding carboxylic acids is 1. The fourth-order valence-electron chi connectivity index (χ4n) is 3.62. The molecule has 0 aromatic carbocycles. The van der Waals surface area contributed by atoms with Crippen LogP contribution in [0.15, 0.2) is 6.07 Å². The molecular weight excluding hydrogens is 470 g/mol. The fraction of sp³-hybridized carbons (Fsp3) is 0.773. The zero-order valence-electron chi connectivity index (χ0n) is 19.7. The van der Waals surface area contributed by atoms with Crippen LogP contribution >= 0.6 is 11.6 Å². The topological polar surface area (TPSA) is 108 Å². The lowest BCUT2D eigenvalue weighted by atomic mass is 10.2. The second-order valence-electron chi connectivity index (χ2n) is 8.27. The molecule has 1 aromatic heterocycles. The monoisotopic (exact) mass is 505 g/mol. The lowest BCUT2D eigenvalue weighted by Gasteiger charge is -2.34. The van der Waals surface area contributed by atoms with Gasteiger partial charge in [-0.25, -0.2) is 18.4 Å². The van der Waals surface area contributed by atoms with E-state index in [9.17, 15) is 13.2 Å². The molecule has 2 unspecified atom stereocenters. The first kappa shape index (κ1) is 27.9. The largest absolute Gasteiger partial charge is 0.377 e. The maximum absolute atomic E-state index is 12.7. The summed E-state index contributed by atoms with van der Waals surface area (Å²) in [5.74, 6) is 0.205. The Hall–Kier alpha value is -1.33. The quantitative estimate of drug-likeness (QED) is 0.262. The minimum atomic E-state index is -3.48. The first-order valence-corrected chi connectivity index (χ1v) is 13.7. The summed E-state index contributed by atoms with van der Waals surface area (Å²) < 4.78 is 42.3. The number of nitrogens with zero attached hydrogens (tertiary/aromatic N) is 3. The summed E-state index contributed by atoms with van der Waals surface area (Å²) in [5, 5.41) is 0.0182. The molecule has 1 aliphatic rings. The number of carbonyl (C=O) groups is 1. The Balaban J connectivity index is 1.92. The first-order chi connectivity index (χ1) is 15.8. The lowest BCUT2D eigenvalue weighted by Crippen LogP contribution is -2.44. The minimum absolute atomic E-state index is 0.0182. The van der Waals surface area contributed by atoms with Crippen LogP contribution in [-0.2, 0) is 34.6 Å². The van der Waals surface area contributed by atoms with Gasteiger partial charge in [-0.3, -0.25) is 0 Å². The zero-order chi connectivity index (χ0) is 24.3. The molecule has 0 radical (unpaired) electrons. The lowest BCUT2D eigenvalue weighted by molar-refractivity contribution is -0.121. The van der Waals surface area contributed by atoms with Gasteiger partial charge in [-0.05, 0) is 31.4 Å². The highest BCUT2D eigenvalue weighted by atomic mass is 35.5. The minimum Gasteiger partial charge on any atom is -0.377 e. The highest BCUT2D eigenvalue weighted by molar-refractivity contribution is 7.90. The molecule has 0 N–H and O–H groups in total. The molecule has 0 amide bonds. The Kier molecular flexibility index (Phi) is 12.0. The summed E-state index contributed by atoms with van der Waals surface area (Å²) in [6.45, 7) is 8.12. The third kappa shape index (κ3) is 9.82. The Morgan fingerprint density at radius 1 is 1.27 bits per heavy atom. The molecule has 188 valence electrons. The average molecular weight is 506 g/mol. The molecule has 1 fully saturated rings. The number of sulfone groups is 1. The molecule has 3 atom stereocenters. The molecule has 1 saturated heterocycles. The van der Waals surface area contributed by atoms with E-state index in [2.05, 4.69) is 9.97 Å². The molecule has 33 heavy (non-hydrogen) atoms. The summed E-state index contributed by atoms with van der Waals surface area (Å²) in [4.78, 5) is 21.5. The molecule has 11 heteroatoms. The number of aldehydes is 1. The number of rotatable bonds is 15. The van der Waals surface area contributed by atoms with Crippen molar-refractivity contribution >= 4 is 33.5 Å². The summed E-state index contributed by atoms with van der Waals surface area (Å²) in [6, 6.07) is 1.78. The van der Waals surface area contributed by atoms with Crippen LogP contribution in [0.1, 0.15) is 52.1 Å². The van der Waals surface area contributed by atoms with Gasteiger partial charge < -0.3 is 23.9 Å². The first-order valence-electron chi connectivity index (χ1n) is 11.5. The molecule has 1 aromatic rings. The van der Waals surface area contributed by atoms with Gasteiger partial charge in [0, 0.05) is 12.6 Å². The van der Waals surface area contributed by atoms with Gasteiger partial charge in [-0.2, -0.15) is 0 Å². The van der Waals surface area contributed by atoms with Gasteiger partial charge in [0.2, 0.25) is 5.28 Å². The van der Waals surface area contributed by atoms with Crippen LogP contribution in [0, 0.1) is 0 Å². The molecule has 9 nitrogen and oxygen atoms in total. The highest BCUT2D eigenvalue weighted by Gasteiger charge is 2.23. The van der Waals surface area contributed by atoms with Crippen molar-refractivity contribution in [1.82, 2.24) is 9.97 Å². The summed E-state index contributed by atoms with van der Waals surface area (Å²) in [7, 11) is -3.48. The highest BCUT2D eigenvalue weighted by Crippen LogP contribution is 2.21. The molecule has 0 spiro atoms. The van der Waals surface area contributed by atoms with Crippen molar-refractivity contribution in [2.75, 3.05) is 43.6 Å². The van der Waals surface area contributed by atoms with Crippen LogP contribution in [-0.4, -0.2) is 81.6 Å². The summed E-state index contributed by atoms with van der Waals surface area (Å²) in [5.41, 5.74) is 0.352. The molecule has 0 bridgehead atoms. The van der Waals surface area contributed by atoms with E-state index in [0.29, 0.717) is 37.7 Å². The number of aromatic nitrogens is 2. The maximum Gasteiger partial charge on any atom is 0.224 e. The third-order valence-electron chi connectivity index (χ3n) is 5.35. The molecule has 0 aliphatic carbocycles. The predicted octanol–water partition coefficient (Wildman–Crippen LogP) is 2.84. The van der Waals surface area contributed by atoms with Gasteiger partial charge in [0.15, 0.2) is 9.84 Å². The SMILES string of the molecule is CCCC(C=O)OCC(CCC)OCCS(=O)(=O)Cc1cc(N2CCOC[C@@H]2C)nc(Cl)n1. The Morgan fingerprint density at radius 3 is 2.70 bits per heavy atom.